The van der Waals surface area contributed by atoms with E-state index < -0.39 is 0 Å². The van der Waals surface area contributed by atoms with Crippen LogP contribution in [0.2, 0.25) is 10.0 Å². The molecule has 0 atom stereocenters. The summed E-state index contributed by atoms with van der Waals surface area (Å²) in [6.45, 7) is 5.44. The topological polar surface area (TPSA) is 34.4 Å². The van der Waals surface area contributed by atoms with Gasteiger partial charge in [-0.15, -0.1) is 12.4 Å². The monoisotopic (exact) mass is 391 g/mol. The summed E-state index contributed by atoms with van der Waals surface area (Å²) in [4.78, 5) is 0. The van der Waals surface area contributed by atoms with E-state index in [4.69, 9.17) is 32.4 Å². The van der Waals surface area contributed by atoms with E-state index in [-0.39, 0.29) is 12.4 Å². The third-order valence-electron chi connectivity index (χ3n) is 3.39. The smallest absolute Gasteiger partial charge is 0.134 e. The van der Waals surface area contributed by atoms with Gasteiger partial charge < -0.3 is 14.5 Å². The van der Waals surface area contributed by atoms with Crippen LogP contribution in [0.4, 0.5) is 0 Å². The first-order valence-corrected chi connectivity index (χ1v) is 8.78. The minimum absolute atomic E-state index is 0. The van der Waals surface area contributed by atoms with Crippen LogP contribution in [-0.2, 0) is 11.3 Å². The highest BCUT2D eigenvalue weighted by Gasteiger charge is 2.06. The molecule has 0 spiro atoms. The molecule has 134 valence electrons. The Bertz CT molecular complexity index is 581. The van der Waals surface area contributed by atoms with Crippen LogP contribution in [0.25, 0.3) is 11.3 Å². The lowest BCUT2D eigenvalue weighted by Crippen LogP contribution is -2.16. The Morgan fingerprint density at radius 3 is 2.46 bits per heavy atom. The Hall–Kier alpha value is -0.710. The molecule has 2 rings (SSSR count). The fourth-order valence-corrected chi connectivity index (χ4v) is 2.71. The number of hydrogen-bond acceptors (Lipinski definition) is 3. The van der Waals surface area contributed by atoms with Gasteiger partial charge in [0.15, 0.2) is 0 Å². The van der Waals surface area contributed by atoms with E-state index >= 15 is 0 Å². The molecule has 1 heterocycles. The number of rotatable bonds is 10. The lowest BCUT2D eigenvalue weighted by molar-refractivity contribution is 0.128. The van der Waals surface area contributed by atoms with Crippen molar-refractivity contribution < 1.29 is 9.15 Å². The van der Waals surface area contributed by atoms with Crippen LogP contribution >= 0.6 is 35.6 Å². The van der Waals surface area contributed by atoms with E-state index in [2.05, 4.69) is 12.2 Å². The zero-order chi connectivity index (χ0) is 16.5. The highest BCUT2D eigenvalue weighted by Crippen LogP contribution is 2.28. The van der Waals surface area contributed by atoms with Gasteiger partial charge in [0.05, 0.1) is 6.54 Å². The van der Waals surface area contributed by atoms with E-state index in [9.17, 15) is 0 Å². The van der Waals surface area contributed by atoms with Crippen LogP contribution in [0, 0.1) is 0 Å². The number of nitrogens with one attached hydrogen (secondary N) is 1. The maximum absolute atomic E-state index is 6.02. The van der Waals surface area contributed by atoms with Crippen molar-refractivity contribution in [3.05, 3.63) is 46.1 Å². The van der Waals surface area contributed by atoms with E-state index in [1.807, 2.05) is 24.3 Å². The van der Waals surface area contributed by atoms with Crippen LogP contribution < -0.4 is 5.32 Å². The lowest BCUT2D eigenvalue weighted by atomic mass is 10.2. The Morgan fingerprint density at radius 2 is 1.75 bits per heavy atom. The van der Waals surface area contributed by atoms with Crippen molar-refractivity contribution in [1.29, 1.82) is 0 Å². The maximum Gasteiger partial charge on any atom is 0.134 e. The van der Waals surface area contributed by atoms with Crippen molar-refractivity contribution in [2.24, 2.45) is 0 Å². The molecule has 1 aromatic heterocycles. The molecule has 1 aromatic carbocycles. The molecule has 0 aliphatic rings. The van der Waals surface area contributed by atoms with E-state index in [0.29, 0.717) is 16.6 Å². The lowest BCUT2D eigenvalue weighted by Gasteiger charge is -2.04. The third kappa shape index (κ3) is 7.45. The SMILES string of the molecule is CCCCOCCCNCc1ccc(-c2cc(Cl)cc(Cl)c2)o1.Cl. The van der Waals surface area contributed by atoms with Gasteiger partial charge in [-0.05, 0) is 49.7 Å². The fraction of sp³-hybridized carbons (Fsp3) is 0.444. The van der Waals surface area contributed by atoms with Crippen molar-refractivity contribution in [1.82, 2.24) is 5.32 Å². The maximum atomic E-state index is 6.02. The fourth-order valence-electron chi connectivity index (χ4n) is 2.18. The van der Waals surface area contributed by atoms with Gasteiger partial charge in [-0.2, -0.15) is 0 Å². The van der Waals surface area contributed by atoms with Crippen LogP contribution in [-0.4, -0.2) is 19.8 Å². The average Bonchev–Trinajstić information content (AvgIpc) is 2.98. The van der Waals surface area contributed by atoms with Crippen molar-refractivity contribution in [2.75, 3.05) is 19.8 Å². The molecule has 3 nitrogen and oxygen atoms in total. The molecule has 6 heteroatoms. The van der Waals surface area contributed by atoms with Crippen molar-refractivity contribution >= 4 is 35.6 Å². The first-order chi connectivity index (χ1) is 11.2. The van der Waals surface area contributed by atoms with E-state index in [0.717, 1.165) is 49.7 Å². The summed E-state index contributed by atoms with van der Waals surface area (Å²) >= 11 is 12.0. The molecule has 0 saturated heterocycles. The second-order valence-corrected chi connectivity index (χ2v) is 6.29. The Labute approximate surface area is 160 Å². The average molecular weight is 393 g/mol. The number of furan rings is 1. The van der Waals surface area contributed by atoms with Crippen LogP contribution in [0.5, 0.6) is 0 Å². The summed E-state index contributed by atoms with van der Waals surface area (Å²) in [5.41, 5.74) is 0.887. The highest BCUT2D eigenvalue weighted by atomic mass is 35.5. The molecule has 0 fully saturated rings. The van der Waals surface area contributed by atoms with Crippen molar-refractivity contribution in [2.45, 2.75) is 32.7 Å². The predicted molar refractivity (Wildman–Crippen MR) is 103 cm³/mol. The van der Waals surface area contributed by atoms with E-state index in [1.165, 1.54) is 6.42 Å². The molecule has 2 aromatic rings. The van der Waals surface area contributed by atoms with Crippen LogP contribution in [0.1, 0.15) is 31.9 Å². The first kappa shape index (κ1) is 21.3. The molecular weight excluding hydrogens is 369 g/mol. The molecule has 1 N–H and O–H groups in total. The summed E-state index contributed by atoms with van der Waals surface area (Å²) in [7, 11) is 0. The molecule has 0 amide bonds. The van der Waals surface area contributed by atoms with Gasteiger partial charge in [0.2, 0.25) is 0 Å². The number of ether oxygens (including phenoxy) is 1. The number of hydrogen-bond donors (Lipinski definition) is 1. The molecule has 0 aliphatic heterocycles. The molecular formula is C18H24Cl3NO2. The number of unbranched alkanes of at least 4 members (excludes halogenated alkanes) is 1. The van der Waals surface area contributed by atoms with Gasteiger partial charge in [0.25, 0.3) is 0 Å². The summed E-state index contributed by atoms with van der Waals surface area (Å²) in [6, 6.07) is 9.30. The second-order valence-electron chi connectivity index (χ2n) is 5.42. The van der Waals surface area contributed by atoms with Gasteiger partial charge in [-0.1, -0.05) is 36.5 Å². The standard InChI is InChI=1S/C18H23Cl2NO2.ClH/c1-2-3-8-22-9-4-7-21-13-17-5-6-18(23-17)14-10-15(19)12-16(20)11-14;/h5-6,10-12,21H,2-4,7-9,13H2,1H3;1H. The number of benzene rings is 1. The van der Waals surface area contributed by atoms with Crippen LogP contribution in [0.15, 0.2) is 34.7 Å². The Kier molecular flexibility index (Phi) is 10.5. The molecule has 0 unspecified atom stereocenters. The summed E-state index contributed by atoms with van der Waals surface area (Å²) in [5, 5.41) is 4.56. The van der Waals surface area contributed by atoms with Crippen molar-refractivity contribution in [3.63, 3.8) is 0 Å². The quantitative estimate of drug-likeness (QED) is 0.506. The zero-order valence-electron chi connectivity index (χ0n) is 13.8. The highest BCUT2D eigenvalue weighted by molar-refractivity contribution is 6.35. The molecule has 0 bridgehead atoms. The second kappa shape index (κ2) is 11.8. The summed E-state index contributed by atoms with van der Waals surface area (Å²) < 4.78 is 11.4. The number of halogens is 3. The summed E-state index contributed by atoms with van der Waals surface area (Å²) in [6.07, 6.45) is 3.31. The predicted octanol–water partition coefficient (Wildman–Crippen LogP) is 5.97. The molecule has 0 aliphatic carbocycles. The zero-order valence-corrected chi connectivity index (χ0v) is 16.1. The van der Waals surface area contributed by atoms with Gasteiger partial charge >= 0.3 is 0 Å². The van der Waals surface area contributed by atoms with E-state index in [1.54, 1.807) is 6.07 Å². The molecule has 0 saturated carbocycles. The van der Waals surface area contributed by atoms with Crippen molar-refractivity contribution in [3.8, 4) is 11.3 Å². The minimum Gasteiger partial charge on any atom is -0.460 e. The van der Waals surface area contributed by atoms with Crippen LogP contribution in [0.3, 0.4) is 0 Å². The normalized spacial score (nSPS) is 10.6. The first-order valence-electron chi connectivity index (χ1n) is 8.02. The Morgan fingerprint density at radius 1 is 1.04 bits per heavy atom. The largest absolute Gasteiger partial charge is 0.460 e. The third-order valence-corrected chi connectivity index (χ3v) is 3.83. The van der Waals surface area contributed by atoms with Gasteiger partial charge in [-0.3, -0.25) is 0 Å². The molecule has 0 radical (unpaired) electrons. The minimum atomic E-state index is 0. The molecule has 24 heavy (non-hydrogen) atoms. The van der Waals surface area contributed by atoms with Gasteiger partial charge in [0.1, 0.15) is 11.5 Å². The van der Waals surface area contributed by atoms with Gasteiger partial charge in [0, 0.05) is 28.8 Å². The Balaban J connectivity index is 0.00000288. The summed E-state index contributed by atoms with van der Waals surface area (Å²) in [5.74, 6) is 1.66. The van der Waals surface area contributed by atoms with Gasteiger partial charge in [-0.25, -0.2) is 0 Å².